The maximum absolute atomic E-state index is 13.9. The smallest absolute Gasteiger partial charge is 0.186 e. The average Bonchev–Trinajstić information content (AvgIpc) is 2.33. The molecule has 5 heteroatoms. The van der Waals surface area contributed by atoms with Gasteiger partial charge in [0.25, 0.3) is 0 Å². The van der Waals surface area contributed by atoms with Crippen molar-refractivity contribution in [3.63, 3.8) is 0 Å². The normalized spacial score (nSPS) is 21.2. The predicted molar refractivity (Wildman–Crippen MR) is 60.8 cm³/mol. The van der Waals surface area contributed by atoms with Crippen molar-refractivity contribution in [1.82, 2.24) is 9.97 Å². The van der Waals surface area contributed by atoms with Gasteiger partial charge in [0.2, 0.25) is 0 Å². The van der Waals surface area contributed by atoms with Crippen LogP contribution in [0.5, 0.6) is 0 Å². The fraction of sp³-hybridized carbons (Fsp3) is 0.636. The summed E-state index contributed by atoms with van der Waals surface area (Å²) in [5, 5.41) is 0. The lowest BCUT2D eigenvalue weighted by molar-refractivity contribution is 0.451. The van der Waals surface area contributed by atoms with Gasteiger partial charge in [0.15, 0.2) is 11.6 Å². The van der Waals surface area contributed by atoms with E-state index >= 15 is 0 Å². The quantitative estimate of drug-likeness (QED) is 0.821. The van der Waals surface area contributed by atoms with Crippen LogP contribution >= 0.6 is 0 Å². The van der Waals surface area contributed by atoms with Gasteiger partial charge < -0.3 is 10.6 Å². The van der Waals surface area contributed by atoms with Crippen molar-refractivity contribution in [3.8, 4) is 0 Å². The highest BCUT2D eigenvalue weighted by atomic mass is 19.1. The van der Waals surface area contributed by atoms with Crippen molar-refractivity contribution in [1.29, 1.82) is 0 Å². The van der Waals surface area contributed by atoms with Crippen LogP contribution in [0, 0.1) is 12.7 Å². The summed E-state index contributed by atoms with van der Waals surface area (Å²) in [4.78, 5) is 9.87. The van der Waals surface area contributed by atoms with Crippen molar-refractivity contribution in [2.45, 2.75) is 32.2 Å². The minimum atomic E-state index is -0.317. The van der Waals surface area contributed by atoms with Gasteiger partial charge in [-0.15, -0.1) is 0 Å². The van der Waals surface area contributed by atoms with Crippen LogP contribution in [0.1, 0.15) is 25.0 Å². The highest BCUT2D eigenvalue weighted by molar-refractivity contribution is 5.42. The highest BCUT2D eigenvalue weighted by Crippen LogP contribution is 2.25. The molecule has 1 aromatic rings. The monoisotopic (exact) mass is 224 g/mol. The van der Waals surface area contributed by atoms with Crippen LogP contribution in [0.15, 0.2) is 6.33 Å². The lowest BCUT2D eigenvalue weighted by atomic mass is 10.0. The number of nitrogens with zero attached hydrogens (tertiary/aromatic N) is 3. The molecule has 2 heterocycles. The molecule has 1 saturated heterocycles. The average molecular weight is 224 g/mol. The first-order valence-electron chi connectivity index (χ1n) is 5.68. The number of rotatable bonds is 2. The molecule has 1 fully saturated rings. The van der Waals surface area contributed by atoms with E-state index < -0.39 is 0 Å². The van der Waals surface area contributed by atoms with E-state index in [1.807, 2.05) is 4.90 Å². The van der Waals surface area contributed by atoms with E-state index in [0.717, 1.165) is 25.8 Å². The van der Waals surface area contributed by atoms with Gasteiger partial charge in [-0.25, -0.2) is 14.4 Å². The number of aromatic nitrogens is 2. The van der Waals surface area contributed by atoms with Gasteiger partial charge in [-0.2, -0.15) is 0 Å². The molecule has 16 heavy (non-hydrogen) atoms. The number of hydrogen-bond acceptors (Lipinski definition) is 4. The Morgan fingerprint density at radius 1 is 1.50 bits per heavy atom. The Morgan fingerprint density at radius 2 is 2.31 bits per heavy atom. The first-order valence-corrected chi connectivity index (χ1v) is 5.68. The van der Waals surface area contributed by atoms with Gasteiger partial charge >= 0.3 is 0 Å². The summed E-state index contributed by atoms with van der Waals surface area (Å²) >= 11 is 0. The molecule has 1 aliphatic rings. The van der Waals surface area contributed by atoms with Gasteiger partial charge in [-0.1, -0.05) is 0 Å². The Balaban J connectivity index is 2.30. The maximum atomic E-state index is 13.9. The molecule has 0 spiro atoms. The second kappa shape index (κ2) is 4.74. The van der Waals surface area contributed by atoms with Gasteiger partial charge in [0.05, 0.1) is 5.69 Å². The fourth-order valence-corrected chi connectivity index (χ4v) is 2.17. The van der Waals surface area contributed by atoms with Crippen LogP contribution in [-0.4, -0.2) is 29.1 Å². The zero-order valence-corrected chi connectivity index (χ0v) is 9.49. The second-order valence-corrected chi connectivity index (χ2v) is 4.18. The van der Waals surface area contributed by atoms with E-state index in [1.165, 1.54) is 6.33 Å². The van der Waals surface area contributed by atoms with Crippen LogP contribution in [0.3, 0.4) is 0 Å². The van der Waals surface area contributed by atoms with Crippen molar-refractivity contribution < 1.29 is 4.39 Å². The summed E-state index contributed by atoms with van der Waals surface area (Å²) in [6.07, 6.45) is 4.65. The van der Waals surface area contributed by atoms with Gasteiger partial charge in [-0.3, -0.25) is 0 Å². The molecule has 1 atom stereocenters. The van der Waals surface area contributed by atoms with E-state index in [1.54, 1.807) is 6.92 Å². The summed E-state index contributed by atoms with van der Waals surface area (Å²) in [6, 6.07) is 0.206. The SMILES string of the molecule is Cc1ncnc(N2CCCCC2CN)c1F. The standard InChI is InChI=1S/C11H17FN4/c1-8-10(12)11(15-7-14-8)16-5-3-2-4-9(16)6-13/h7,9H,2-6,13H2,1H3. The molecular formula is C11H17FN4. The van der Waals surface area contributed by atoms with Crippen molar-refractivity contribution in [2.75, 3.05) is 18.0 Å². The van der Waals surface area contributed by atoms with Crippen LogP contribution < -0.4 is 10.6 Å². The number of nitrogens with two attached hydrogens (primary N) is 1. The number of halogens is 1. The molecule has 0 saturated carbocycles. The third-order valence-electron chi connectivity index (χ3n) is 3.12. The van der Waals surface area contributed by atoms with E-state index in [4.69, 9.17) is 5.73 Å². The minimum absolute atomic E-state index is 0.206. The zero-order valence-electron chi connectivity index (χ0n) is 9.49. The second-order valence-electron chi connectivity index (χ2n) is 4.18. The first-order chi connectivity index (χ1) is 7.74. The molecule has 2 N–H and O–H groups in total. The summed E-state index contributed by atoms with van der Waals surface area (Å²) < 4.78 is 13.9. The van der Waals surface area contributed by atoms with E-state index in [9.17, 15) is 4.39 Å². The lowest BCUT2D eigenvalue weighted by Gasteiger charge is -2.36. The van der Waals surface area contributed by atoms with E-state index in [-0.39, 0.29) is 11.9 Å². The Bertz CT molecular complexity index is 369. The largest absolute Gasteiger partial charge is 0.350 e. The first kappa shape index (κ1) is 11.3. The molecule has 88 valence electrons. The summed E-state index contributed by atoms with van der Waals surface area (Å²) in [5.74, 6) is 0.0884. The summed E-state index contributed by atoms with van der Waals surface area (Å²) in [6.45, 7) is 3.03. The number of anilines is 1. The molecule has 1 unspecified atom stereocenters. The molecular weight excluding hydrogens is 207 g/mol. The van der Waals surface area contributed by atoms with Gasteiger partial charge in [0, 0.05) is 19.1 Å². The van der Waals surface area contributed by atoms with Crippen LogP contribution in [0.25, 0.3) is 0 Å². The zero-order chi connectivity index (χ0) is 11.5. The molecule has 0 amide bonds. The maximum Gasteiger partial charge on any atom is 0.186 e. The van der Waals surface area contributed by atoms with E-state index in [0.29, 0.717) is 18.1 Å². The minimum Gasteiger partial charge on any atom is -0.350 e. The fourth-order valence-electron chi connectivity index (χ4n) is 2.17. The Hall–Kier alpha value is -1.23. The molecule has 1 aliphatic heterocycles. The van der Waals surface area contributed by atoms with Gasteiger partial charge in [0.1, 0.15) is 6.33 Å². The topological polar surface area (TPSA) is 55.0 Å². The van der Waals surface area contributed by atoms with Crippen LogP contribution in [0.2, 0.25) is 0 Å². The van der Waals surface area contributed by atoms with Crippen molar-refractivity contribution in [2.24, 2.45) is 5.73 Å². The highest BCUT2D eigenvalue weighted by Gasteiger charge is 2.25. The lowest BCUT2D eigenvalue weighted by Crippen LogP contribution is -2.45. The Morgan fingerprint density at radius 3 is 3.06 bits per heavy atom. The Kier molecular flexibility index (Phi) is 3.33. The third kappa shape index (κ3) is 2.00. The molecule has 4 nitrogen and oxygen atoms in total. The van der Waals surface area contributed by atoms with Gasteiger partial charge in [-0.05, 0) is 26.2 Å². The molecule has 2 rings (SSSR count). The Labute approximate surface area is 94.7 Å². The molecule has 0 radical (unpaired) electrons. The third-order valence-corrected chi connectivity index (χ3v) is 3.12. The molecule has 0 aromatic carbocycles. The number of aryl methyl sites for hydroxylation is 1. The summed E-state index contributed by atoms with van der Waals surface area (Å²) in [5.41, 5.74) is 6.11. The van der Waals surface area contributed by atoms with Crippen molar-refractivity contribution in [3.05, 3.63) is 17.8 Å². The number of hydrogen-bond donors (Lipinski definition) is 1. The molecule has 0 aliphatic carbocycles. The molecule has 1 aromatic heterocycles. The van der Waals surface area contributed by atoms with Crippen LogP contribution in [-0.2, 0) is 0 Å². The van der Waals surface area contributed by atoms with Crippen molar-refractivity contribution >= 4 is 5.82 Å². The predicted octanol–water partition coefficient (Wildman–Crippen LogP) is 1.24. The van der Waals surface area contributed by atoms with Crippen LogP contribution in [0.4, 0.5) is 10.2 Å². The molecule has 0 bridgehead atoms. The summed E-state index contributed by atoms with van der Waals surface area (Å²) in [7, 11) is 0. The van der Waals surface area contributed by atoms with E-state index in [2.05, 4.69) is 9.97 Å². The number of piperidine rings is 1.